The molecule has 1 aromatic heterocycles. The highest BCUT2D eigenvalue weighted by molar-refractivity contribution is 6.31. The van der Waals surface area contributed by atoms with Gasteiger partial charge in [-0.3, -0.25) is 4.90 Å². The van der Waals surface area contributed by atoms with Gasteiger partial charge in [0.15, 0.2) is 11.5 Å². The maximum Gasteiger partial charge on any atom is 0.240 e. The first kappa shape index (κ1) is 13.3. The van der Waals surface area contributed by atoms with E-state index >= 15 is 0 Å². The summed E-state index contributed by atoms with van der Waals surface area (Å²) in [6.45, 7) is 0. The Labute approximate surface area is 136 Å². The fourth-order valence-electron chi connectivity index (χ4n) is 2.34. The third-order valence-corrected chi connectivity index (χ3v) is 3.54. The summed E-state index contributed by atoms with van der Waals surface area (Å²) in [7, 11) is 0. The van der Waals surface area contributed by atoms with E-state index in [-0.39, 0.29) is 10.6 Å². The number of aromatic nitrogens is 3. The molecule has 0 unspecified atom stereocenters. The maximum atomic E-state index is 5.92. The van der Waals surface area contributed by atoms with Gasteiger partial charge in [-0.1, -0.05) is 24.3 Å². The third kappa shape index (κ3) is 2.15. The Balaban J connectivity index is 1.98. The van der Waals surface area contributed by atoms with Gasteiger partial charge in [0.2, 0.25) is 16.5 Å². The summed E-state index contributed by atoms with van der Waals surface area (Å²) in [6, 6.07) is 15.2. The van der Waals surface area contributed by atoms with Crippen molar-refractivity contribution >= 4 is 40.5 Å². The van der Waals surface area contributed by atoms with Crippen LogP contribution in [-0.2, 0) is 0 Å². The molecule has 1 aliphatic heterocycles. The van der Waals surface area contributed by atoms with Crippen molar-refractivity contribution in [2.75, 3.05) is 4.90 Å². The fourth-order valence-corrected chi connectivity index (χ4v) is 2.69. The average Bonchev–Trinajstić information content (AvgIpc) is 2.51. The molecule has 2 aromatic carbocycles. The minimum atomic E-state index is 0.0384. The van der Waals surface area contributed by atoms with Gasteiger partial charge in [0, 0.05) is 0 Å². The van der Waals surface area contributed by atoms with Crippen LogP contribution >= 0.6 is 23.2 Å². The highest BCUT2D eigenvalue weighted by Gasteiger charge is 2.27. The smallest absolute Gasteiger partial charge is 0.240 e. The van der Waals surface area contributed by atoms with E-state index in [0.717, 1.165) is 11.4 Å². The van der Waals surface area contributed by atoms with Crippen molar-refractivity contribution in [2.45, 2.75) is 0 Å². The molecule has 0 radical (unpaired) electrons. The molecule has 0 saturated heterocycles. The maximum absolute atomic E-state index is 5.92. The molecule has 5 nitrogen and oxygen atoms in total. The number of para-hydroxylation sites is 4. The molecule has 0 atom stereocenters. The summed E-state index contributed by atoms with van der Waals surface area (Å²) in [5, 5.41) is 0.0768. The van der Waals surface area contributed by atoms with Crippen LogP contribution < -0.4 is 9.64 Å². The molecular formula is C15H8Cl2N4O. The molecule has 108 valence electrons. The molecule has 1 aliphatic rings. The number of hydrogen-bond acceptors (Lipinski definition) is 5. The number of rotatable bonds is 1. The Kier molecular flexibility index (Phi) is 3.10. The number of ether oxygens (including phenoxy) is 1. The molecule has 4 rings (SSSR count). The normalized spacial score (nSPS) is 12.4. The zero-order valence-corrected chi connectivity index (χ0v) is 12.6. The van der Waals surface area contributed by atoms with Crippen molar-refractivity contribution in [3.05, 3.63) is 59.1 Å². The fraction of sp³-hybridized carbons (Fsp3) is 0. The van der Waals surface area contributed by atoms with Crippen molar-refractivity contribution in [2.24, 2.45) is 0 Å². The molecule has 2 heterocycles. The number of fused-ring (bicyclic) bond motifs is 2. The molecular weight excluding hydrogens is 323 g/mol. The van der Waals surface area contributed by atoms with Gasteiger partial charge in [-0.05, 0) is 47.5 Å². The average molecular weight is 331 g/mol. The lowest BCUT2D eigenvalue weighted by molar-refractivity contribution is 0.476. The van der Waals surface area contributed by atoms with E-state index < -0.39 is 0 Å². The first-order valence-corrected chi connectivity index (χ1v) is 7.21. The number of anilines is 3. The molecule has 22 heavy (non-hydrogen) atoms. The van der Waals surface area contributed by atoms with E-state index in [4.69, 9.17) is 27.9 Å². The Bertz CT molecular complexity index is 806. The summed E-state index contributed by atoms with van der Waals surface area (Å²) in [5.41, 5.74) is 1.61. The second-order valence-corrected chi connectivity index (χ2v) is 5.22. The predicted molar refractivity (Wildman–Crippen MR) is 84.6 cm³/mol. The summed E-state index contributed by atoms with van der Waals surface area (Å²) >= 11 is 11.8. The zero-order chi connectivity index (χ0) is 15.1. The van der Waals surface area contributed by atoms with E-state index in [9.17, 15) is 0 Å². The van der Waals surface area contributed by atoms with Gasteiger partial charge in [-0.15, -0.1) is 0 Å². The van der Waals surface area contributed by atoms with E-state index in [0.29, 0.717) is 17.4 Å². The van der Waals surface area contributed by atoms with Crippen LogP contribution in [0.3, 0.4) is 0 Å². The summed E-state index contributed by atoms with van der Waals surface area (Å²) in [6.07, 6.45) is 0. The highest BCUT2D eigenvalue weighted by Crippen LogP contribution is 2.49. The van der Waals surface area contributed by atoms with Gasteiger partial charge in [0.1, 0.15) is 0 Å². The van der Waals surface area contributed by atoms with E-state index in [2.05, 4.69) is 15.0 Å². The lowest BCUT2D eigenvalue weighted by Crippen LogP contribution is -2.18. The summed E-state index contributed by atoms with van der Waals surface area (Å²) < 4.78 is 5.91. The van der Waals surface area contributed by atoms with Gasteiger partial charge in [0.25, 0.3) is 0 Å². The van der Waals surface area contributed by atoms with E-state index in [1.165, 1.54) is 0 Å². The van der Waals surface area contributed by atoms with E-state index in [1.54, 1.807) is 0 Å². The molecule has 0 N–H and O–H groups in total. The van der Waals surface area contributed by atoms with E-state index in [1.807, 2.05) is 53.4 Å². The largest absolute Gasteiger partial charge is 0.453 e. The topological polar surface area (TPSA) is 51.1 Å². The van der Waals surface area contributed by atoms with Crippen LogP contribution in [0.5, 0.6) is 11.5 Å². The molecule has 0 fully saturated rings. The Morgan fingerprint density at radius 1 is 0.727 bits per heavy atom. The number of hydrogen-bond donors (Lipinski definition) is 0. The van der Waals surface area contributed by atoms with Crippen LogP contribution in [0.25, 0.3) is 0 Å². The van der Waals surface area contributed by atoms with Gasteiger partial charge in [-0.25, -0.2) is 0 Å². The highest BCUT2D eigenvalue weighted by atomic mass is 35.5. The summed E-state index contributed by atoms with van der Waals surface area (Å²) in [4.78, 5) is 14.0. The predicted octanol–water partition coefficient (Wildman–Crippen LogP) is 4.75. The van der Waals surface area contributed by atoms with Crippen LogP contribution in [0.4, 0.5) is 17.3 Å². The number of benzene rings is 2. The first-order valence-electron chi connectivity index (χ1n) is 6.45. The van der Waals surface area contributed by atoms with Crippen LogP contribution in [0.15, 0.2) is 48.5 Å². The molecule has 3 aromatic rings. The second kappa shape index (κ2) is 5.12. The van der Waals surface area contributed by atoms with Gasteiger partial charge < -0.3 is 4.74 Å². The van der Waals surface area contributed by atoms with Crippen molar-refractivity contribution in [3.8, 4) is 11.5 Å². The first-order chi connectivity index (χ1) is 10.7. The van der Waals surface area contributed by atoms with Crippen molar-refractivity contribution in [1.29, 1.82) is 0 Å². The second-order valence-electron chi connectivity index (χ2n) is 4.55. The third-order valence-electron chi connectivity index (χ3n) is 3.20. The van der Waals surface area contributed by atoms with Crippen molar-refractivity contribution in [1.82, 2.24) is 15.0 Å². The Morgan fingerprint density at radius 3 is 1.77 bits per heavy atom. The number of nitrogens with zero attached hydrogens (tertiary/aromatic N) is 4. The minimum absolute atomic E-state index is 0.0384. The number of halogens is 2. The molecule has 0 amide bonds. The molecule has 7 heteroatoms. The van der Waals surface area contributed by atoms with Crippen molar-refractivity contribution < 1.29 is 4.74 Å². The Morgan fingerprint density at radius 2 is 1.23 bits per heavy atom. The molecule has 0 bridgehead atoms. The summed E-state index contributed by atoms with van der Waals surface area (Å²) in [5.74, 6) is 1.75. The minimum Gasteiger partial charge on any atom is -0.453 e. The van der Waals surface area contributed by atoms with Gasteiger partial charge in [-0.2, -0.15) is 15.0 Å². The van der Waals surface area contributed by atoms with Crippen LogP contribution in [0.2, 0.25) is 10.6 Å². The quantitative estimate of drug-likeness (QED) is 0.504. The molecule has 0 spiro atoms. The van der Waals surface area contributed by atoms with Crippen molar-refractivity contribution in [3.63, 3.8) is 0 Å². The van der Waals surface area contributed by atoms with Crippen LogP contribution in [-0.4, -0.2) is 15.0 Å². The van der Waals surface area contributed by atoms with Gasteiger partial charge >= 0.3 is 0 Å². The van der Waals surface area contributed by atoms with Crippen LogP contribution in [0.1, 0.15) is 0 Å². The Hall–Kier alpha value is -2.37. The molecule has 0 saturated carbocycles. The van der Waals surface area contributed by atoms with Gasteiger partial charge in [0.05, 0.1) is 11.4 Å². The monoisotopic (exact) mass is 330 g/mol. The SMILES string of the molecule is Clc1nc(Cl)nc(N2c3ccccc3Oc3ccccc32)n1. The van der Waals surface area contributed by atoms with Crippen LogP contribution in [0, 0.1) is 0 Å². The lowest BCUT2D eigenvalue weighted by atomic mass is 10.2. The molecule has 0 aliphatic carbocycles. The lowest BCUT2D eigenvalue weighted by Gasteiger charge is -2.30. The zero-order valence-electron chi connectivity index (χ0n) is 11.1. The standard InChI is InChI=1S/C15H8Cl2N4O/c16-13-18-14(17)20-15(19-13)21-9-5-1-3-7-11(9)22-12-8-4-2-6-10(12)21/h1-8H.